The van der Waals surface area contributed by atoms with E-state index >= 15 is 0 Å². The fourth-order valence-corrected chi connectivity index (χ4v) is 1.54. The van der Waals surface area contributed by atoms with Crippen LogP contribution < -0.4 is 10.1 Å². The highest BCUT2D eigenvalue weighted by molar-refractivity contribution is 5.33. The van der Waals surface area contributed by atoms with Crippen LogP contribution in [0.3, 0.4) is 0 Å². The Balaban J connectivity index is 2.62. The first kappa shape index (κ1) is 14.8. The summed E-state index contributed by atoms with van der Waals surface area (Å²) in [6.07, 6.45) is 0.612. The minimum Gasteiger partial charge on any atom is -0.494 e. The number of hydrogen-bond acceptors (Lipinski definition) is 4. The quantitative estimate of drug-likeness (QED) is 0.354. The van der Waals surface area contributed by atoms with Gasteiger partial charge >= 0.3 is 0 Å². The van der Waals surface area contributed by atoms with Gasteiger partial charge in [0.15, 0.2) is 11.6 Å². The first-order chi connectivity index (χ1) is 9.22. The van der Waals surface area contributed by atoms with E-state index in [0.717, 1.165) is 0 Å². The van der Waals surface area contributed by atoms with E-state index in [1.807, 2.05) is 0 Å². The molecule has 1 rings (SSSR count). The summed E-state index contributed by atoms with van der Waals surface area (Å²) in [5.74, 6) is -0.361. The van der Waals surface area contributed by atoms with Gasteiger partial charge in [-0.3, -0.25) is 5.32 Å². The van der Waals surface area contributed by atoms with Crippen molar-refractivity contribution in [2.75, 3.05) is 20.2 Å². The van der Waals surface area contributed by atoms with E-state index in [1.54, 1.807) is 6.07 Å². The second-order valence-corrected chi connectivity index (χ2v) is 3.72. The molecule has 0 bridgehead atoms. The topological polar surface area (TPSA) is 93.8 Å². The second kappa shape index (κ2) is 7.93. The van der Waals surface area contributed by atoms with Crippen molar-refractivity contribution in [1.82, 2.24) is 5.32 Å². The van der Waals surface area contributed by atoms with Gasteiger partial charge in [-0.1, -0.05) is 11.2 Å². The van der Waals surface area contributed by atoms with Crippen LogP contribution >= 0.6 is 0 Å². The van der Waals surface area contributed by atoms with Crippen LogP contribution in [-0.4, -0.2) is 20.2 Å². The maximum absolute atomic E-state index is 13.5. The number of azide groups is 1. The van der Waals surface area contributed by atoms with Crippen LogP contribution in [0.15, 0.2) is 23.3 Å². The van der Waals surface area contributed by atoms with Crippen LogP contribution in [0, 0.1) is 17.1 Å². The first-order valence-electron chi connectivity index (χ1n) is 5.70. The summed E-state index contributed by atoms with van der Waals surface area (Å²) in [7, 11) is 1.38. The van der Waals surface area contributed by atoms with Crippen molar-refractivity contribution in [1.29, 1.82) is 5.26 Å². The fraction of sp³-hybridized carbons (Fsp3) is 0.417. The molecule has 19 heavy (non-hydrogen) atoms. The van der Waals surface area contributed by atoms with E-state index in [4.69, 9.17) is 15.5 Å². The van der Waals surface area contributed by atoms with Crippen LogP contribution in [0.25, 0.3) is 10.4 Å². The van der Waals surface area contributed by atoms with E-state index in [9.17, 15) is 4.39 Å². The third-order valence-electron chi connectivity index (χ3n) is 2.48. The number of nitrogens with one attached hydrogen (secondary N) is 1. The molecule has 0 aromatic heterocycles. The zero-order chi connectivity index (χ0) is 14.1. The summed E-state index contributed by atoms with van der Waals surface area (Å²) in [6, 6.07) is 5.84. The van der Waals surface area contributed by atoms with Crippen molar-refractivity contribution in [3.05, 3.63) is 40.0 Å². The van der Waals surface area contributed by atoms with Gasteiger partial charge in [-0.25, -0.2) is 4.39 Å². The average molecular weight is 263 g/mol. The Bertz CT molecular complexity index is 507. The third-order valence-corrected chi connectivity index (χ3v) is 2.48. The third kappa shape index (κ3) is 4.47. The van der Waals surface area contributed by atoms with Crippen molar-refractivity contribution in [2.24, 2.45) is 5.11 Å². The Kier molecular flexibility index (Phi) is 6.16. The molecule has 0 aliphatic carbocycles. The standard InChI is InChI=1S/C12H14FN5O/c1-19-12-4-3-9(7-10(12)13)11(8-14)16-5-2-6-17-18-15/h3-4,7,11,16H,2,5-6H2,1H3. The zero-order valence-corrected chi connectivity index (χ0v) is 10.5. The Morgan fingerprint density at radius 2 is 2.42 bits per heavy atom. The number of hydrogen-bond donors (Lipinski definition) is 1. The van der Waals surface area contributed by atoms with Crippen molar-refractivity contribution >= 4 is 0 Å². The van der Waals surface area contributed by atoms with Gasteiger partial charge in [0.05, 0.1) is 13.2 Å². The SMILES string of the molecule is COc1ccc(C(C#N)NCCCN=[N+]=[N-])cc1F. The smallest absolute Gasteiger partial charge is 0.165 e. The van der Waals surface area contributed by atoms with Crippen molar-refractivity contribution in [3.63, 3.8) is 0 Å². The molecule has 1 atom stereocenters. The van der Waals surface area contributed by atoms with Gasteiger partial charge in [0.1, 0.15) is 6.04 Å². The van der Waals surface area contributed by atoms with Crippen LogP contribution in [-0.2, 0) is 0 Å². The van der Waals surface area contributed by atoms with Crippen molar-refractivity contribution in [2.45, 2.75) is 12.5 Å². The summed E-state index contributed by atoms with van der Waals surface area (Å²) in [6.45, 7) is 0.865. The number of ether oxygens (including phenoxy) is 1. The van der Waals surface area contributed by atoms with Crippen LogP contribution in [0.5, 0.6) is 5.75 Å². The number of benzene rings is 1. The molecule has 1 aromatic rings. The largest absolute Gasteiger partial charge is 0.494 e. The molecule has 0 fully saturated rings. The second-order valence-electron chi connectivity index (χ2n) is 3.72. The van der Waals surface area contributed by atoms with E-state index in [-0.39, 0.29) is 5.75 Å². The van der Waals surface area contributed by atoms with E-state index in [0.29, 0.717) is 25.1 Å². The average Bonchev–Trinajstić information content (AvgIpc) is 2.43. The van der Waals surface area contributed by atoms with Crippen molar-refractivity contribution in [3.8, 4) is 11.8 Å². The zero-order valence-electron chi connectivity index (χ0n) is 10.5. The minimum absolute atomic E-state index is 0.142. The normalized spacial score (nSPS) is 11.2. The van der Waals surface area contributed by atoms with Gasteiger partial charge < -0.3 is 4.74 Å². The highest BCUT2D eigenvalue weighted by Gasteiger charge is 2.12. The summed E-state index contributed by atoms with van der Waals surface area (Å²) in [5.41, 5.74) is 8.64. The van der Waals surface area contributed by atoms with Gasteiger partial charge in [0.25, 0.3) is 0 Å². The molecule has 0 amide bonds. The Morgan fingerprint density at radius 1 is 1.63 bits per heavy atom. The maximum atomic E-state index is 13.5. The van der Waals surface area contributed by atoms with Crippen LogP contribution in [0.2, 0.25) is 0 Å². The lowest BCUT2D eigenvalue weighted by atomic mass is 10.1. The summed E-state index contributed by atoms with van der Waals surface area (Å²) in [4.78, 5) is 2.63. The first-order valence-corrected chi connectivity index (χ1v) is 5.70. The highest BCUT2D eigenvalue weighted by Crippen LogP contribution is 2.21. The van der Waals surface area contributed by atoms with Crippen LogP contribution in [0.4, 0.5) is 4.39 Å². The molecular formula is C12H14FN5O. The maximum Gasteiger partial charge on any atom is 0.165 e. The lowest BCUT2D eigenvalue weighted by molar-refractivity contribution is 0.386. The molecule has 0 spiro atoms. The Morgan fingerprint density at radius 3 is 3.00 bits per heavy atom. The highest BCUT2D eigenvalue weighted by atomic mass is 19.1. The van der Waals surface area contributed by atoms with Gasteiger partial charge in [0, 0.05) is 11.5 Å². The molecule has 7 heteroatoms. The lowest BCUT2D eigenvalue weighted by Gasteiger charge is -2.12. The molecule has 1 unspecified atom stereocenters. The van der Waals surface area contributed by atoms with Gasteiger partial charge in [-0.05, 0) is 36.2 Å². The number of methoxy groups -OCH3 is 1. The van der Waals surface area contributed by atoms with Gasteiger partial charge in [-0.2, -0.15) is 5.26 Å². The molecular weight excluding hydrogens is 249 g/mol. The number of rotatable bonds is 7. The number of nitrogens with zero attached hydrogens (tertiary/aromatic N) is 4. The molecule has 100 valence electrons. The number of nitriles is 1. The summed E-state index contributed by atoms with van der Waals surface area (Å²) < 4.78 is 18.3. The molecule has 0 aliphatic heterocycles. The van der Waals surface area contributed by atoms with Crippen LogP contribution in [0.1, 0.15) is 18.0 Å². The fourth-order valence-electron chi connectivity index (χ4n) is 1.54. The molecule has 6 nitrogen and oxygen atoms in total. The molecule has 0 heterocycles. The summed E-state index contributed by atoms with van der Waals surface area (Å²) >= 11 is 0. The lowest BCUT2D eigenvalue weighted by Crippen LogP contribution is -2.21. The predicted molar refractivity (Wildman–Crippen MR) is 67.9 cm³/mol. The number of halogens is 1. The Hall–Kier alpha value is -2.29. The monoisotopic (exact) mass is 263 g/mol. The molecule has 1 aromatic carbocycles. The van der Waals surface area contributed by atoms with E-state index < -0.39 is 11.9 Å². The summed E-state index contributed by atoms with van der Waals surface area (Å²) in [5, 5.41) is 15.4. The Labute approximate surface area is 110 Å². The van der Waals surface area contributed by atoms with Crippen molar-refractivity contribution < 1.29 is 9.13 Å². The predicted octanol–water partition coefficient (Wildman–Crippen LogP) is 2.69. The molecule has 1 N–H and O–H groups in total. The molecule has 0 saturated heterocycles. The van der Waals surface area contributed by atoms with E-state index in [2.05, 4.69) is 21.4 Å². The molecule has 0 saturated carbocycles. The molecule has 0 aliphatic rings. The minimum atomic E-state index is -0.605. The van der Waals surface area contributed by atoms with Gasteiger partial charge in [0.2, 0.25) is 0 Å². The van der Waals surface area contributed by atoms with E-state index in [1.165, 1.54) is 19.2 Å². The van der Waals surface area contributed by atoms with Gasteiger partial charge in [-0.15, -0.1) is 0 Å². The molecule has 0 radical (unpaired) electrons.